The van der Waals surface area contributed by atoms with E-state index in [-0.39, 0.29) is 36.7 Å². The van der Waals surface area contributed by atoms with E-state index in [1.807, 2.05) is 31.2 Å². The second kappa shape index (κ2) is 13.0. The van der Waals surface area contributed by atoms with Crippen LogP contribution in [0.2, 0.25) is 0 Å². The van der Waals surface area contributed by atoms with Gasteiger partial charge in [-0.2, -0.15) is 0 Å². The number of guanidine groups is 1. The van der Waals surface area contributed by atoms with Crippen LogP contribution in [0, 0.1) is 11.8 Å². The third-order valence-electron chi connectivity index (χ3n) is 4.26. The lowest BCUT2D eigenvalue weighted by molar-refractivity contribution is 0.0936. The molecule has 2 atom stereocenters. The van der Waals surface area contributed by atoms with Crippen LogP contribution in [0.4, 0.5) is 0 Å². The van der Waals surface area contributed by atoms with Gasteiger partial charge < -0.3 is 25.2 Å². The fourth-order valence-corrected chi connectivity index (χ4v) is 3.07. The van der Waals surface area contributed by atoms with Gasteiger partial charge in [0.2, 0.25) is 0 Å². The lowest BCUT2D eigenvalue weighted by Crippen LogP contribution is -2.45. The van der Waals surface area contributed by atoms with Crippen molar-refractivity contribution in [2.24, 2.45) is 16.8 Å². The summed E-state index contributed by atoms with van der Waals surface area (Å²) >= 11 is 0. The van der Waals surface area contributed by atoms with Gasteiger partial charge in [0, 0.05) is 19.7 Å². The average molecular weight is 491 g/mol. The van der Waals surface area contributed by atoms with Crippen LogP contribution in [0.15, 0.2) is 29.3 Å². The number of rotatable bonds is 9. The Hall–Kier alpha value is -1.22. The number of benzene rings is 1. The van der Waals surface area contributed by atoms with E-state index >= 15 is 0 Å². The van der Waals surface area contributed by atoms with E-state index in [2.05, 4.69) is 24.5 Å². The van der Waals surface area contributed by atoms with Crippen molar-refractivity contribution < 1.29 is 14.6 Å². The van der Waals surface area contributed by atoms with Crippen LogP contribution >= 0.6 is 24.0 Å². The second-order valence-corrected chi connectivity index (χ2v) is 7.11. The zero-order chi connectivity index (χ0) is 18.8. The summed E-state index contributed by atoms with van der Waals surface area (Å²) in [6.07, 6.45) is 1.80. The molecule has 154 valence electrons. The third kappa shape index (κ3) is 8.55. The number of aliphatic hydroxyl groups is 1. The molecule has 1 aromatic carbocycles. The van der Waals surface area contributed by atoms with Crippen molar-refractivity contribution in [3.8, 4) is 11.5 Å². The fourth-order valence-electron chi connectivity index (χ4n) is 3.07. The van der Waals surface area contributed by atoms with Crippen molar-refractivity contribution in [3.63, 3.8) is 0 Å². The first-order chi connectivity index (χ1) is 12.6. The maximum absolute atomic E-state index is 9.26. The number of hydrogen-bond acceptors (Lipinski definition) is 4. The maximum atomic E-state index is 9.26. The number of halogens is 1. The molecule has 1 aromatic rings. The lowest BCUT2D eigenvalue weighted by atomic mass is 9.94. The molecule has 27 heavy (non-hydrogen) atoms. The molecule has 2 unspecified atom stereocenters. The Morgan fingerprint density at radius 3 is 2.67 bits per heavy atom. The highest BCUT2D eigenvalue weighted by molar-refractivity contribution is 14.0. The summed E-state index contributed by atoms with van der Waals surface area (Å²) in [5.74, 6) is 3.36. The Balaban J connectivity index is 0.00000364. The van der Waals surface area contributed by atoms with Crippen LogP contribution in [0.25, 0.3) is 0 Å². The molecular formula is C20H34IN3O3. The van der Waals surface area contributed by atoms with E-state index in [1.54, 1.807) is 0 Å². The summed E-state index contributed by atoms with van der Waals surface area (Å²) in [4.78, 5) is 4.70. The first-order valence-corrected chi connectivity index (χ1v) is 9.63. The van der Waals surface area contributed by atoms with Gasteiger partial charge >= 0.3 is 0 Å². The minimum Gasteiger partial charge on any atom is -0.486 e. The molecule has 0 bridgehead atoms. The highest BCUT2D eigenvalue weighted by Gasteiger charge is 2.20. The Bertz CT molecular complexity index is 569. The predicted molar refractivity (Wildman–Crippen MR) is 120 cm³/mol. The van der Waals surface area contributed by atoms with E-state index < -0.39 is 0 Å². The Morgan fingerprint density at radius 2 is 2.00 bits per heavy atom. The van der Waals surface area contributed by atoms with Crippen LogP contribution in [-0.4, -0.2) is 50.0 Å². The van der Waals surface area contributed by atoms with Gasteiger partial charge in [0.05, 0.1) is 6.54 Å². The first-order valence-electron chi connectivity index (χ1n) is 9.63. The minimum absolute atomic E-state index is 0. The number of hydrogen-bond donors (Lipinski definition) is 3. The second-order valence-electron chi connectivity index (χ2n) is 7.11. The van der Waals surface area contributed by atoms with Crippen LogP contribution in [0.3, 0.4) is 0 Å². The number of nitrogens with one attached hydrogen (secondary N) is 2. The minimum atomic E-state index is -0.0577. The van der Waals surface area contributed by atoms with Gasteiger partial charge in [0.25, 0.3) is 0 Å². The standard InChI is InChI=1S/C20H33N3O3.HI/c1-4-21-20(22-12-16(9-10-24)11-15(2)3)23-13-17-14-25-18-7-5-6-8-19(18)26-17;/h5-8,15-17,24H,4,9-14H2,1-3H3,(H2,21,22,23);1H. The topological polar surface area (TPSA) is 75.1 Å². The molecular weight excluding hydrogens is 457 g/mol. The van der Waals surface area contributed by atoms with E-state index in [4.69, 9.17) is 14.5 Å². The summed E-state index contributed by atoms with van der Waals surface area (Å²) in [5, 5.41) is 15.9. The molecule has 1 heterocycles. The summed E-state index contributed by atoms with van der Waals surface area (Å²) < 4.78 is 11.7. The van der Waals surface area contributed by atoms with Crippen molar-refractivity contribution in [2.75, 3.05) is 32.8 Å². The molecule has 6 nitrogen and oxygen atoms in total. The van der Waals surface area contributed by atoms with E-state index in [9.17, 15) is 5.11 Å². The van der Waals surface area contributed by atoms with Gasteiger partial charge in [-0.05, 0) is 43.7 Å². The molecule has 1 aliphatic rings. The Labute approximate surface area is 180 Å². The molecule has 0 amide bonds. The largest absolute Gasteiger partial charge is 0.486 e. The highest BCUT2D eigenvalue weighted by Crippen LogP contribution is 2.30. The van der Waals surface area contributed by atoms with Crippen LogP contribution < -0.4 is 20.1 Å². The molecule has 7 heteroatoms. The van der Waals surface area contributed by atoms with Crippen LogP contribution in [-0.2, 0) is 0 Å². The number of aliphatic imine (C=N–C) groups is 1. The quantitative estimate of drug-likeness (QED) is 0.281. The monoisotopic (exact) mass is 491 g/mol. The highest BCUT2D eigenvalue weighted by atomic mass is 127. The molecule has 2 rings (SSSR count). The molecule has 1 aliphatic heterocycles. The van der Waals surface area contributed by atoms with Gasteiger partial charge in [-0.1, -0.05) is 26.0 Å². The molecule has 3 N–H and O–H groups in total. The van der Waals surface area contributed by atoms with Crippen molar-refractivity contribution in [1.82, 2.24) is 10.6 Å². The number of ether oxygens (including phenoxy) is 2. The zero-order valence-corrected chi connectivity index (χ0v) is 18.9. The van der Waals surface area contributed by atoms with Gasteiger partial charge in [0.15, 0.2) is 17.5 Å². The number of para-hydroxylation sites is 2. The molecule has 0 saturated heterocycles. The molecule has 0 radical (unpaired) electrons. The molecule has 0 aromatic heterocycles. The van der Waals surface area contributed by atoms with Crippen molar-refractivity contribution in [3.05, 3.63) is 24.3 Å². The summed E-state index contributed by atoms with van der Waals surface area (Å²) in [5.41, 5.74) is 0. The normalized spacial score (nSPS) is 17.2. The van der Waals surface area contributed by atoms with Crippen molar-refractivity contribution >= 4 is 29.9 Å². The average Bonchev–Trinajstić information content (AvgIpc) is 2.63. The number of aliphatic hydroxyl groups excluding tert-OH is 1. The number of fused-ring (bicyclic) bond motifs is 1. The first kappa shape index (κ1) is 23.8. The summed E-state index contributed by atoms with van der Waals surface area (Å²) in [7, 11) is 0. The molecule has 0 spiro atoms. The predicted octanol–water partition coefficient (Wildman–Crippen LogP) is 3.04. The summed E-state index contributed by atoms with van der Waals surface area (Å²) in [6.45, 7) is 9.31. The molecule has 0 aliphatic carbocycles. The van der Waals surface area contributed by atoms with E-state index in [0.717, 1.165) is 36.8 Å². The summed E-state index contributed by atoms with van der Waals surface area (Å²) in [6, 6.07) is 7.73. The van der Waals surface area contributed by atoms with Gasteiger partial charge in [-0.15, -0.1) is 24.0 Å². The third-order valence-corrected chi connectivity index (χ3v) is 4.26. The van der Waals surface area contributed by atoms with E-state index in [0.29, 0.717) is 31.5 Å². The van der Waals surface area contributed by atoms with E-state index in [1.165, 1.54) is 0 Å². The van der Waals surface area contributed by atoms with Crippen LogP contribution in [0.5, 0.6) is 11.5 Å². The van der Waals surface area contributed by atoms with Gasteiger partial charge in [0.1, 0.15) is 12.7 Å². The van der Waals surface area contributed by atoms with Crippen molar-refractivity contribution in [2.45, 2.75) is 39.7 Å². The maximum Gasteiger partial charge on any atom is 0.191 e. The molecule has 0 fully saturated rings. The van der Waals surface area contributed by atoms with Gasteiger partial charge in [-0.3, -0.25) is 4.99 Å². The Kier molecular flexibility index (Phi) is 11.5. The smallest absolute Gasteiger partial charge is 0.191 e. The van der Waals surface area contributed by atoms with Gasteiger partial charge in [-0.25, -0.2) is 0 Å². The molecule has 0 saturated carbocycles. The zero-order valence-electron chi connectivity index (χ0n) is 16.6. The number of nitrogens with zero attached hydrogens (tertiary/aromatic N) is 1. The Morgan fingerprint density at radius 1 is 1.26 bits per heavy atom. The van der Waals surface area contributed by atoms with Crippen molar-refractivity contribution in [1.29, 1.82) is 0 Å². The van der Waals surface area contributed by atoms with Crippen LogP contribution in [0.1, 0.15) is 33.6 Å². The lowest BCUT2D eigenvalue weighted by Gasteiger charge is -2.27. The fraction of sp³-hybridized carbons (Fsp3) is 0.650. The SMILES string of the molecule is CCNC(=NCC(CCO)CC(C)C)NCC1COc2ccccc2O1.I.